The molecule has 0 aromatic heterocycles. The van der Waals surface area contributed by atoms with E-state index in [9.17, 15) is 0 Å². The summed E-state index contributed by atoms with van der Waals surface area (Å²) in [6, 6.07) is 5.50. The zero-order valence-corrected chi connectivity index (χ0v) is 11.8. The van der Waals surface area contributed by atoms with Crippen LogP contribution in [-0.4, -0.2) is 13.1 Å². The minimum atomic E-state index is -0.0525. The molecule has 1 atom stereocenters. The quantitative estimate of drug-likeness (QED) is 0.877. The maximum Gasteiger partial charge on any atom is 0.0468 e. The summed E-state index contributed by atoms with van der Waals surface area (Å²) in [5.41, 5.74) is 7.18. The first kappa shape index (κ1) is 15.1. The van der Waals surface area contributed by atoms with Gasteiger partial charge in [0.05, 0.1) is 0 Å². The molecule has 1 aliphatic heterocycles. The topological polar surface area (TPSA) is 38.0 Å². The van der Waals surface area contributed by atoms with E-state index in [0.29, 0.717) is 16.0 Å². The molecule has 96 valence electrons. The van der Waals surface area contributed by atoms with Gasteiger partial charge >= 0.3 is 0 Å². The monoisotopic (exact) mass is 294 g/mol. The van der Waals surface area contributed by atoms with Crippen LogP contribution >= 0.6 is 35.6 Å². The Hall–Kier alpha value is 0.01000. The van der Waals surface area contributed by atoms with Gasteiger partial charge in [0.2, 0.25) is 0 Å². The Balaban J connectivity index is 0.00000144. The zero-order chi connectivity index (χ0) is 11.5. The summed E-state index contributed by atoms with van der Waals surface area (Å²) in [6.07, 6.45) is 2.17. The van der Waals surface area contributed by atoms with Crippen molar-refractivity contribution in [2.24, 2.45) is 11.7 Å². The Kier molecular flexibility index (Phi) is 6.04. The summed E-state index contributed by atoms with van der Waals surface area (Å²) in [5, 5.41) is 4.69. The molecular formula is C12H17Cl3N2. The molecule has 17 heavy (non-hydrogen) atoms. The molecule has 1 aromatic carbocycles. The molecule has 0 aliphatic carbocycles. The van der Waals surface area contributed by atoms with Crippen LogP contribution in [0.2, 0.25) is 10.0 Å². The van der Waals surface area contributed by atoms with E-state index in [1.807, 2.05) is 18.2 Å². The molecule has 5 heteroatoms. The van der Waals surface area contributed by atoms with E-state index < -0.39 is 0 Å². The Morgan fingerprint density at radius 2 is 1.71 bits per heavy atom. The molecule has 2 rings (SSSR count). The lowest BCUT2D eigenvalue weighted by Gasteiger charge is -2.29. The van der Waals surface area contributed by atoms with Gasteiger partial charge in [-0.15, -0.1) is 12.4 Å². The van der Waals surface area contributed by atoms with Gasteiger partial charge in [-0.3, -0.25) is 0 Å². The van der Waals surface area contributed by atoms with Gasteiger partial charge in [0, 0.05) is 21.7 Å². The first-order chi connectivity index (χ1) is 7.70. The van der Waals surface area contributed by atoms with Crippen LogP contribution in [0.25, 0.3) is 0 Å². The summed E-state index contributed by atoms with van der Waals surface area (Å²) < 4.78 is 0. The molecular weight excluding hydrogens is 279 g/mol. The van der Waals surface area contributed by atoms with Crippen LogP contribution in [0, 0.1) is 5.92 Å². The normalized spacial score (nSPS) is 18.5. The summed E-state index contributed by atoms with van der Waals surface area (Å²) in [7, 11) is 0. The third kappa shape index (κ3) is 3.49. The summed E-state index contributed by atoms with van der Waals surface area (Å²) in [6.45, 7) is 2.06. The molecule has 3 N–H and O–H groups in total. The maximum absolute atomic E-state index is 6.27. The number of benzene rings is 1. The SMILES string of the molecule is Cl.N[C@@H](c1c(Cl)cccc1Cl)C1CCNCC1. The van der Waals surface area contributed by atoms with Crippen LogP contribution < -0.4 is 11.1 Å². The second-order valence-corrected chi connectivity index (χ2v) is 5.06. The van der Waals surface area contributed by atoms with E-state index in [4.69, 9.17) is 28.9 Å². The van der Waals surface area contributed by atoms with Crippen molar-refractivity contribution in [2.75, 3.05) is 13.1 Å². The lowest BCUT2D eigenvalue weighted by molar-refractivity contribution is 0.322. The van der Waals surface area contributed by atoms with Crippen LogP contribution in [0.15, 0.2) is 18.2 Å². The number of halogens is 3. The Bertz CT molecular complexity index is 345. The fourth-order valence-corrected chi connectivity index (χ4v) is 2.92. The average Bonchev–Trinajstić information content (AvgIpc) is 2.30. The third-order valence-corrected chi connectivity index (χ3v) is 3.88. The van der Waals surface area contributed by atoms with Crippen molar-refractivity contribution >= 4 is 35.6 Å². The van der Waals surface area contributed by atoms with Crippen molar-refractivity contribution in [1.29, 1.82) is 0 Å². The molecule has 0 saturated carbocycles. The highest BCUT2D eigenvalue weighted by Crippen LogP contribution is 2.35. The summed E-state index contributed by atoms with van der Waals surface area (Å²) in [4.78, 5) is 0. The predicted octanol–water partition coefficient (Wildman–Crippen LogP) is 3.41. The van der Waals surface area contributed by atoms with Crippen molar-refractivity contribution in [3.05, 3.63) is 33.8 Å². The summed E-state index contributed by atoms with van der Waals surface area (Å²) >= 11 is 12.3. The smallest absolute Gasteiger partial charge is 0.0468 e. The van der Waals surface area contributed by atoms with Gasteiger partial charge in [-0.1, -0.05) is 29.3 Å². The van der Waals surface area contributed by atoms with Crippen molar-refractivity contribution in [3.63, 3.8) is 0 Å². The van der Waals surface area contributed by atoms with Crippen molar-refractivity contribution in [1.82, 2.24) is 5.32 Å². The van der Waals surface area contributed by atoms with Crippen LogP contribution in [0.3, 0.4) is 0 Å². The van der Waals surface area contributed by atoms with Crippen LogP contribution in [0.4, 0.5) is 0 Å². The molecule has 1 aromatic rings. The van der Waals surface area contributed by atoms with Gasteiger partial charge in [-0.25, -0.2) is 0 Å². The Morgan fingerprint density at radius 1 is 1.18 bits per heavy atom. The van der Waals surface area contributed by atoms with Gasteiger partial charge in [0.15, 0.2) is 0 Å². The molecule has 1 saturated heterocycles. The molecule has 1 fully saturated rings. The number of hydrogen-bond donors (Lipinski definition) is 2. The van der Waals surface area contributed by atoms with E-state index in [-0.39, 0.29) is 18.4 Å². The van der Waals surface area contributed by atoms with E-state index in [1.165, 1.54) is 0 Å². The molecule has 1 aliphatic rings. The Morgan fingerprint density at radius 3 is 2.24 bits per heavy atom. The first-order valence-corrected chi connectivity index (χ1v) is 6.36. The minimum absolute atomic E-state index is 0. The summed E-state index contributed by atoms with van der Waals surface area (Å²) in [5.74, 6) is 0.471. The van der Waals surface area contributed by atoms with E-state index >= 15 is 0 Å². The average molecular weight is 296 g/mol. The number of rotatable bonds is 2. The highest BCUT2D eigenvalue weighted by atomic mass is 35.5. The van der Waals surface area contributed by atoms with Gasteiger partial charge in [0.1, 0.15) is 0 Å². The minimum Gasteiger partial charge on any atom is -0.324 e. The fraction of sp³-hybridized carbons (Fsp3) is 0.500. The first-order valence-electron chi connectivity index (χ1n) is 5.60. The number of piperidine rings is 1. The van der Waals surface area contributed by atoms with Crippen molar-refractivity contribution in [3.8, 4) is 0 Å². The zero-order valence-electron chi connectivity index (χ0n) is 9.46. The lowest BCUT2D eigenvalue weighted by Crippen LogP contribution is -2.34. The van der Waals surface area contributed by atoms with E-state index in [0.717, 1.165) is 31.5 Å². The van der Waals surface area contributed by atoms with Crippen LogP contribution in [0.5, 0.6) is 0 Å². The highest BCUT2D eigenvalue weighted by molar-refractivity contribution is 6.36. The Labute approximate surface area is 118 Å². The largest absolute Gasteiger partial charge is 0.324 e. The van der Waals surface area contributed by atoms with Crippen molar-refractivity contribution in [2.45, 2.75) is 18.9 Å². The van der Waals surface area contributed by atoms with Crippen LogP contribution in [0.1, 0.15) is 24.4 Å². The third-order valence-electron chi connectivity index (χ3n) is 3.22. The standard InChI is InChI=1S/C12H16Cl2N2.ClH/c13-9-2-1-3-10(14)11(9)12(15)8-4-6-16-7-5-8;/h1-3,8,12,16H,4-7,15H2;1H/t12-;/m1./s1. The highest BCUT2D eigenvalue weighted by Gasteiger charge is 2.24. The molecule has 0 amide bonds. The van der Waals surface area contributed by atoms with Gasteiger partial charge < -0.3 is 11.1 Å². The molecule has 0 spiro atoms. The number of hydrogen-bond acceptors (Lipinski definition) is 2. The second-order valence-electron chi connectivity index (χ2n) is 4.25. The predicted molar refractivity (Wildman–Crippen MR) is 76.2 cm³/mol. The van der Waals surface area contributed by atoms with Crippen LogP contribution in [-0.2, 0) is 0 Å². The molecule has 0 unspecified atom stereocenters. The molecule has 0 radical (unpaired) electrons. The second kappa shape index (κ2) is 6.81. The number of nitrogens with one attached hydrogen (secondary N) is 1. The van der Waals surface area contributed by atoms with E-state index in [2.05, 4.69) is 5.32 Å². The van der Waals surface area contributed by atoms with Gasteiger partial charge in [0.25, 0.3) is 0 Å². The lowest BCUT2D eigenvalue weighted by atomic mass is 9.86. The van der Waals surface area contributed by atoms with Gasteiger partial charge in [-0.05, 0) is 44.0 Å². The number of nitrogens with two attached hydrogens (primary N) is 1. The van der Waals surface area contributed by atoms with Gasteiger partial charge in [-0.2, -0.15) is 0 Å². The van der Waals surface area contributed by atoms with E-state index in [1.54, 1.807) is 0 Å². The molecule has 2 nitrogen and oxygen atoms in total. The molecule has 1 heterocycles. The fourth-order valence-electron chi connectivity index (χ4n) is 2.27. The maximum atomic E-state index is 6.27. The molecule has 0 bridgehead atoms. The van der Waals surface area contributed by atoms with Crippen molar-refractivity contribution < 1.29 is 0 Å².